The molecule has 4 nitrogen and oxygen atoms in total. The van der Waals surface area contributed by atoms with Gasteiger partial charge in [-0.2, -0.15) is 0 Å². The zero-order chi connectivity index (χ0) is 15.3. The highest BCUT2D eigenvalue weighted by atomic mass is 16.7. The minimum atomic E-state index is -0.351. The monoisotopic (exact) mass is 288 g/mol. The second-order valence-electron chi connectivity index (χ2n) is 7.31. The zero-order valence-electron chi connectivity index (χ0n) is 13.5. The second kappa shape index (κ2) is 4.99. The van der Waals surface area contributed by atoms with Gasteiger partial charge >= 0.3 is 7.12 Å². The molecule has 1 aromatic rings. The summed E-state index contributed by atoms with van der Waals surface area (Å²) in [5.41, 5.74) is 7.56. The molecule has 21 heavy (non-hydrogen) atoms. The predicted octanol–water partition coefficient (Wildman–Crippen LogP) is 2.62. The average Bonchev–Trinajstić information content (AvgIpc) is 2.97. The topological polar surface area (TPSA) is 57.4 Å². The molecule has 0 atom stereocenters. The first kappa shape index (κ1) is 14.9. The van der Waals surface area contributed by atoms with Crippen molar-refractivity contribution in [3.63, 3.8) is 0 Å². The minimum absolute atomic E-state index is 0.331. The summed E-state index contributed by atoms with van der Waals surface area (Å²) in [5.74, 6) is 1.09. The number of anilines is 1. The quantitative estimate of drug-likeness (QED) is 0.850. The summed E-state index contributed by atoms with van der Waals surface area (Å²) < 4.78 is 12.4. The molecule has 114 valence electrons. The summed E-state index contributed by atoms with van der Waals surface area (Å²) in [7, 11) is -0.351. The van der Waals surface area contributed by atoms with Gasteiger partial charge in [0.2, 0.25) is 0 Å². The third kappa shape index (κ3) is 2.57. The van der Waals surface area contributed by atoms with Crippen molar-refractivity contribution in [2.24, 2.45) is 0 Å². The summed E-state index contributed by atoms with van der Waals surface area (Å²) in [6, 6.07) is 1.93. The Morgan fingerprint density at radius 2 is 1.71 bits per heavy atom. The summed E-state index contributed by atoms with van der Waals surface area (Å²) in [6.07, 6.45) is 6.94. The lowest BCUT2D eigenvalue weighted by Gasteiger charge is -2.32. The van der Waals surface area contributed by atoms with E-state index in [2.05, 4.69) is 32.7 Å². The van der Waals surface area contributed by atoms with Crippen LogP contribution in [0.15, 0.2) is 12.3 Å². The summed E-state index contributed by atoms with van der Waals surface area (Å²) in [4.78, 5) is 4.30. The molecule has 1 aliphatic heterocycles. The van der Waals surface area contributed by atoms with E-state index in [1.807, 2.05) is 12.3 Å². The van der Waals surface area contributed by atoms with Gasteiger partial charge in [0.25, 0.3) is 0 Å². The molecule has 0 unspecified atom stereocenters. The molecule has 5 heteroatoms. The molecule has 1 aromatic heterocycles. The van der Waals surface area contributed by atoms with Gasteiger partial charge in [-0.1, -0.05) is 12.8 Å². The van der Waals surface area contributed by atoms with Gasteiger partial charge in [-0.05, 0) is 63.5 Å². The van der Waals surface area contributed by atoms with Crippen molar-refractivity contribution in [1.29, 1.82) is 0 Å². The Balaban J connectivity index is 1.96. The maximum atomic E-state index is 6.20. The van der Waals surface area contributed by atoms with Crippen molar-refractivity contribution < 1.29 is 9.31 Å². The lowest BCUT2D eigenvalue weighted by molar-refractivity contribution is 0.00578. The van der Waals surface area contributed by atoms with Crippen molar-refractivity contribution in [3.05, 3.63) is 17.8 Å². The van der Waals surface area contributed by atoms with Crippen LogP contribution in [0.25, 0.3) is 0 Å². The Hall–Kier alpha value is -1.07. The van der Waals surface area contributed by atoms with Gasteiger partial charge in [0.05, 0.1) is 11.2 Å². The van der Waals surface area contributed by atoms with Gasteiger partial charge in [-0.25, -0.2) is 4.98 Å². The van der Waals surface area contributed by atoms with Crippen LogP contribution in [0.3, 0.4) is 0 Å². The Kier molecular flexibility index (Phi) is 3.53. The van der Waals surface area contributed by atoms with E-state index >= 15 is 0 Å². The highest BCUT2D eigenvalue weighted by Crippen LogP contribution is 2.38. The molecule has 2 aliphatic rings. The van der Waals surface area contributed by atoms with Crippen molar-refractivity contribution >= 4 is 18.4 Å². The SMILES string of the molecule is CC1(C)OB(c2cc(N)ncc2C2CCCC2)OC1(C)C. The molecule has 0 radical (unpaired) electrons. The number of rotatable bonds is 2. The highest BCUT2D eigenvalue weighted by molar-refractivity contribution is 6.62. The summed E-state index contributed by atoms with van der Waals surface area (Å²) >= 11 is 0. The van der Waals surface area contributed by atoms with Gasteiger partial charge in [-0.15, -0.1) is 0 Å². The molecule has 1 saturated heterocycles. The van der Waals surface area contributed by atoms with Crippen LogP contribution in [0.2, 0.25) is 0 Å². The van der Waals surface area contributed by atoms with Crippen molar-refractivity contribution in [2.45, 2.75) is 70.5 Å². The van der Waals surface area contributed by atoms with E-state index in [1.165, 1.54) is 31.2 Å². The third-order valence-electron chi connectivity index (χ3n) is 5.29. The Bertz CT molecular complexity index is 523. The van der Waals surface area contributed by atoms with Crippen molar-refractivity contribution in [2.75, 3.05) is 5.73 Å². The van der Waals surface area contributed by atoms with Crippen LogP contribution in [-0.2, 0) is 9.31 Å². The number of hydrogen-bond donors (Lipinski definition) is 1. The van der Waals surface area contributed by atoms with Gasteiger partial charge in [0.1, 0.15) is 5.82 Å². The van der Waals surface area contributed by atoms with E-state index in [0.717, 1.165) is 5.46 Å². The number of aromatic nitrogens is 1. The Morgan fingerprint density at radius 1 is 1.14 bits per heavy atom. The zero-order valence-corrected chi connectivity index (χ0v) is 13.5. The van der Waals surface area contributed by atoms with E-state index in [-0.39, 0.29) is 18.3 Å². The molecule has 0 spiro atoms. The van der Waals surface area contributed by atoms with Crippen LogP contribution < -0.4 is 11.2 Å². The lowest BCUT2D eigenvalue weighted by atomic mass is 9.73. The van der Waals surface area contributed by atoms with Crippen LogP contribution in [0, 0.1) is 0 Å². The second-order valence-corrected chi connectivity index (χ2v) is 7.31. The molecule has 1 saturated carbocycles. The Morgan fingerprint density at radius 3 is 2.29 bits per heavy atom. The number of hydrogen-bond acceptors (Lipinski definition) is 4. The fourth-order valence-corrected chi connectivity index (χ4v) is 3.25. The van der Waals surface area contributed by atoms with Crippen LogP contribution in [0.4, 0.5) is 5.82 Å². The number of nitrogens with zero attached hydrogens (tertiary/aromatic N) is 1. The normalized spacial score (nSPS) is 24.7. The van der Waals surface area contributed by atoms with E-state index in [9.17, 15) is 0 Å². The molecule has 1 aliphatic carbocycles. The summed E-state index contributed by atoms with van der Waals surface area (Å²) in [6.45, 7) is 8.30. The van der Waals surface area contributed by atoms with Gasteiger partial charge in [0.15, 0.2) is 0 Å². The largest absolute Gasteiger partial charge is 0.495 e. The Labute approximate surface area is 127 Å². The minimum Gasteiger partial charge on any atom is -0.399 e. The molecular weight excluding hydrogens is 263 g/mol. The van der Waals surface area contributed by atoms with Crippen LogP contribution in [0.1, 0.15) is 64.9 Å². The first-order chi connectivity index (χ1) is 9.80. The third-order valence-corrected chi connectivity index (χ3v) is 5.29. The average molecular weight is 288 g/mol. The van der Waals surface area contributed by atoms with Crippen molar-refractivity contribution in [1.82, 2.24) is 4.98 Å². The van der Waals surface area contributed by atoms with E-state index in [4.69, 9.17) is 15.0 Å². The maximum Gasteiger partial charge on any atom is 0.495 e. The van der Waals surface area contributed by atoms with Crippen LogP contribution in [0.5, 0.6) is 0 Å². The smallest absolute Gasteiger partial charge is 0.399 e. The van der Waals surface area contributed by atoms with Gasteiger partial charge in [0, 0.05) is 6.20 Å². The fraction of sp³-hybridized carbons (Fsp3) is 0.688. The lowest BCUT2D eigenvalue weighted by Crippen LogP contribution is -2.41. The van der Waals surface area contributed by atoms with E-state index < -0.39 is 0 Å². The number of pyridine rings is 1. The van der Waals surface area contributed by atoms with E-state index in [0.29, 0.717) is 11.7 Å². The van der Waals surface area contributed by atoms with Crippen LogP contribution >= 0.6 is 0 Å². The maximum absolute atomic E-state index is 6.20. The molecule has 3 rings (SSSR count). The molecule has 2 heterocycles. The molecule has 0 amide bonds. The molecule has 0 bridgehead atoms. The molecule has 0 aromatic carbocycles. The van der Waals surface area contributed by atoms with Crippen molar-refractivity contribution in [3.8, 4) is 0 Å². The number of nitrogens with two attached hydrogens (primary N) is 1. The first-order valence-electron chi connectivity index (χ1n) is 7.91. The first-order valence-corrected chi connectivity index (χ1v) is 7.91. The predicted molar refractivity (Wildman–Crippen MR) is 85.6 cm³/mol. The highest BCUT2D eigenvalue weighted by Gasteiger charge is 2.52. The number of nitrogen functional groups attached to an aromatic ring is 1. The fourth-order valence-electron chi connectivity index (χ4n) is 3.25. The van der Waals surface area contributed by atoms with Gasteiger partial charge in [-0.3, -0.25) is 0 Å². The summed E-state index contributed by atoms with van der Waals surface area (Å²) in [5, 5.41) is 0. The van der Waals surface area contributed by atoms with Crippen LogP contribution in [-0.4, -0.2) is 23.3 Å². The molecule has 2 fully saturated rings. The molecular formula is C16H25BN2O2. The van der Waals surface area contributed by atoms with E-state index in [1.54, 1.807) is 0 Å². The van der Waals surface area contributed by atoms with Gasteiger partial charge < -0.3 is 15.0 Å². The standard InChI is InChI=1S/C16H25BN2O2/c1-15(2)16(3,4)21-17(20-15)13-9-14(18)19-10-12(13)11-7-5-6-8-11/h9-11H,5-8H2,1-4H3,(H2,18,19). The molecule has 2 N–H and O–H groups in total.